The average molecular weight is 432 g/mol. The minimum Gasteiger partial charge on any atom is -0.437 e. The van der Waals surface area contributed by atoms with Gasteiger partial charge in [-0.2, -0.15) is 0 Å². The zero-order valence-electron chi connectivity index (χ0n) is 24.0. The minimum absolute atomic E-state index is 0.0976. The van der Waals surface area contributed by atoms with E-state index in [1.807, 2.05) is 49.0 Å². The Labute approximate surface area is 195 Å². The van der Waals surface area contributed by atoms with Crippen molar-refractivity contribution in [1.29, 1.82) is 0 Å². The first-order chi connectivity index (χ1) is 17.8. The Morgan fingerprint density at radius 2 is 1.72 bits per heavy atom. The molecule has 2 aromatic carbocycles. The van der Waals surface area contributed by atoms with Crippen molar-refractivity contribution in [3.63, 3.8) is 0 Å². The average Bonchev–Trinajstić information content (AvgIpc) is 3.20. The van der Waals surface area contributed by atoms with Gasteiger partial charge in [0, 0.05) is 41.7 Å². The summed E-state index contributed by atoms with van der Waals surface area (Å²) < 4.78 is 71.0. The number of rotatable bonds is 2. The summed E-state index contributed by atoms with van der Waals surface area (Å²) >= 11 is 0. The first kappa shape index (κ1) is 14.5. The van der Waals surface area contributed by atoms with Crippen LogP contribution in [-0.4, -0.2) is 4.98 Å². The maximum atomic E-state index is 14.9. The van der Waals surface area contributed by atoms with Crippen molar-refractivity contribution in [1.82, 2.24) is 4.98 Å². The quantitative estimate of drug-likeness (QED) is 0.285. The van der Waals surface area contributed by atoms with E-state index in [1.165, 1.54) is 19.1 Å². The van der Waals surface area contributed by atoms with Gasteiger partial charge in [-0.05, 0) is 36.8 Å². The Morgan fingerprint density at radius 1 is 0.969 bits per heavy atom. The number of hydrogen-bond acceptors (Lipinski definition) is 2. The molecule has 0 spiro atoms. The summed E-state index contributed by atoms with van der Waals surface area (Å²) in [5.74, 6) is -0.352. The van der Waals surface area contributed by atoms with Gasteiger partial charge in [-0.25, -0.2) is 13.9 Å². The summed E-state index contributed by atoms with van der Waals surface area (Å²) in [6.07, 6.45) is 1.87. The van der Waals surface area contributed by atoms with E-state index in [4.69, 9.17) is 12.6 Å². The highest BCUT2D eigenvalue weighted by Crippen LogP contribution is 2.40. The van der Waals surface area contributed by atoms with Gasteiger partial charge in [0.25, 0.3) is 0 Å². The van der Waals surface area contributed by atoms with Gasteiger partial charge in [-0.15, -0.1) is 0 Å². The molecule has 5 rings (SSSR count). The molecule has 0 bridgehead atoms. The van der Waals surface area contributed by atoms with E-state index in [0.717, 1.165) is 22.2 Å². The number of hydrogen-bond donors (Lipinski definition) is 0. The lowest BCUT2D eigenvalue weighted by Crippen LogP contribution is -2.31. The van der Waals surface area contributed by atoms with Gasteiger partial charge in [0.05, 0.1) is 11.1 Å². The molecule has 0 amide bonds. The summed E-state index contributed by atoms with van der Waals surface area (Å²) in [4.78, 5) is 4.45. The number of pyridine rings is 2. The van der Waals surface area contributed by atoms with E-state index in [9.17, 15) is 4.39 Å². The van der Waals surface area contributed by atoms with Crippen LogP contribution in [0.4, 0.5) is 4.39 Å². The Morgan fingerprint density at radius 3 is 2.50 bits per heavy atom. The Kier molecular flexibility index (Phi) is 3.30. The monoisotopic (exact) mass is 431 g/mol. The number of fused-ring (bicyclic) bond motifs is 3. The highest BCUT2D eigenvalue weighted by molar-refractivity contribution is 6.09. The third-order valence-electron chi connectivity index (χ3n) is 5.81. The van der Waals surface area contributed by atoms with E-state index >= 15 is 0 Å². The fourth-order valence-corrected chi connectivity index (χ4v) is 4.21. The van der Waals surface area contributed by atoms with Crippen LogP contribution in [-0.2, 0) is 12.5 Å². The maximum Gasteiger partial charge on any atom is 0.227 e. The summed E-state index contributed by atoms with van der Waals surface area (Å²) in [5, 5.41) is 1.35. The molecule has 0 aliphatic carbocycles. The molecule has 0 saturated heterocycles. The van der Waals surface area contributed by atoms with Crippen molar-refractivity contribution < 1.29 is 21.6 Å². The van der Waals surface area contributed by atoms with Crippen LogP contribution in [0.3, 0.4) is 0 Å². The number of benzene rings is 2. The number of halogens is 1. The van der Waals surface area contributed by atoms with E-state index < -0.39 is 19.1 Å². The second-order valence-electron chi connectivity index (χ2n) is 8.27. The van der Waals surface area contributed by atoms with Crippen molar-refractivity contribution in [2.24, 2.45) is 7.05 Å². The van der Waals surface area contributed by atoms with Crippen LogP contribution in [0.25, 0.3) is 44.5 Å². The van der Waals surface area contributed by atoms with Gasteiger partial charge >= 0.3 is 0 Å². The molecule has 0 unspecified atom stereocenters. The molecule has 32 heavy (non-hydrogen) atoms. The maximum absolute atomic E-state index is 14.9. The standard InChI is InChI=1S/C28H26FN2O/c1-17-12-13-20-21-14-15-23(28(2,3)4)30-27(21)32-26(20)24(17)25-19(10-8-16-31(25)5)18-9-6-7-11-22(18)29/h6-16H,1-5H3/q+1/i2D3,3D3. The molecule has 3 nitrogen and oxygen atoms in total. The predicted molar refractivity (Wildman–Crippen MR) is 127 cm³/mol. The van der Waals surface area contributed by atoms with E-state index in [0.29, 0.717) is 22.1 Å². The topological polar surface area (TPSA) is 29.9 Å². The molecule has 0 atom stereocenters. The van der Waals surface area contributed by atoms with Crippen molar-refractivity contribution in [2.45, 2.75) is 33.0 Å². The molecule has 3 heterocycles. The Balaban J connectivity index is 1.82. The van der Waals surface area contributed by atoms with Gasteiger partial charge < -0.3 is 4.42 Å². The normalized spacial score (nSPS) is 15.6. The second-order valence-corrected chi connectivity index (χ2v) is 8.27. The molecule has 0 fully saturated rings. The van der Waals surface area contributed by atoms with Crippen LogP contribution in [0.15, 0.2) is 71.3 Å². The van der Waals surface area contributed by atoms with Crippen molar-refractivity contribution in [2.75, 3.05) is 0 Å². The van der Waals surface area contributed by atoms with Crippen LogP contribution in [0.5, 0.6) is 0 Å². The number of aromatic nitrogens is 2. The SMILES string of the molecule is [2H]C([2H])([2H])C(C)(c1ccc2c(n1)oc1c(-c3c(-c4ccccc4F)ccc[n+]3C)c(C)ccc12)C([2H])([2H])[2H]. The molecule has 3 aromatic heterocycles. The number of aryl methyl sites for hydroxylation is 2. The lowest BCUT2D eigenvalue weighted by Gasteiger charge is -2.16. The third-order valence-corrected chi connectivity index (χ3v) is 5.81. The van der Waals surface area contributed by atoms with Gasteiger partial charge in [0.2, 0.25) is 11.4 Å². The van der Waals surface area contributed by atoms with Gasteiger partial charge in [0.15, 0.2) is 11.8 Å². The molecule has 160 valence electrons. The number of nitrogens with zero attached hydrogens (tertiary/aromatic N) is 2. The molecule has 5 aromatic rings. The van der Waals surface area contributed by atoms with E-state index in [-0.39, 0.29) is 17.2 Å². The van der Waals surface area contributed by atoms with Crippen LogP contribution in [0, 0.1) is 12.7 Å². The van der Waals surface area contributed by atoms with Crippen LogP contribution in [0.2, 0.25) is 0 Å². The molecule has 0 N–H and O–H groups in total. The Bertz CT molecular complexity index is 1690. The molecular weight excluding hydrogens is 399 g/mol. The molecule has 0 saturated carbocycles. The fraction of sp³-hybridized carbons (Fsp3) is 0.214. The first-order valence-corrected chi connectivity index (χ1v) is 10.3. The molecule has 0 aliphatic heterocycles. The molecule has 0 aliphatic rings. The largest absolute Gasteiger partial charge is 0.437 e. The van der Waals surface area contributed by atoms with Crippen LogP contribution >= 0.6 is 0 Å². The fourth-order valence-electron chi connectivity index (χ4n) is 4.21. The zero-order chi connectivity index (χ0) is 27.6. The van der Waals surface area contributed by atoms with Crippen molar-refractivity contribution in [3.8, 4) is 22.4 Å². The zero-order valence-corrected chi connectivity index (χ0v) is 18.0. The van der Waals surface area contributed by atoms with Crippen LogP contribution in [0.1, 0.15) is 40.1 Å². The third kappa shape index (κ3) is 3.18. The smallest absolute Gasteiger partial charge is 0.227 e. The highest BCUT2D eigenvalue weighted by atomic mass is 19.1. The van der Waals surface area contributed by atoms with Gasteiger partial charge in [-0.1, -0.05) is 51.0 Å². The summed E-state index contributed by atoms with van der Waals surface area (Å²) in [5.41, 5.74) is 1.80. The minimum atomic E-state index is -2.83. The lowest BCUT2D eigenvalue weighted by molar-refractivity contribution is -0.659. The molecule has 0 radical (unpaired) electrons. The highest BCUT2D eigenvalue weighted by Gasteiger charge is 2.26. The van der Waals surface area contributed by atoms with Crippen LogP contribution < -0.4 is 4.57 Å². The van der Waals surface area contributed by atoms with Crippen molar-refractivity contribution >= 4 is 22.1 Å². The van der Waals surface area contributed by atoms with Gasteiger partial charge in [0.1, 0.15) is 12.9 Å². The van der Waals surface area contributed by atoms with Crippen molar-refractivity contribution in [3.05, 3.63) is 83.9 Å². The first-order valence-electron chi connectivity index (χ1n) is 13.3. The lowest BCUT2D eigenvalue weighted by atomic mass is 9.91. The number of furan rings is 1. The Hall–Kier alpha value is -3.53. The summed E-state index contributed by atoms with van der Waals surface area (Å²) in [6, 6.07) is 17.2. The second kappa shape index (κ2) is 7.27. The summed E-state index contributed by atoms with van der Waals surface area (Å²) in [7, 11) is 1.87. The van der Waals surface area contributed by atoms with E-state index in [2.05, 4.69) is 4.98 Å². The predicted octanol–water partition coefficient (Wildman–Crippen LogP) is 6.88. The molecular formula is C28H26FN2O+. The molecule has 4 heteroatoms. The summed E-state index contributed by atoms with van der Waals surface area (Å²) in [6.45, 7) is -2.55. The van der Waals surface area contributed by atoms with Gasteiger partial charge in [-0.3, -0.25) is 0 Å². The van der Waals surface area contributed by atoms with E-state index in [1.54, 1.807) is 24.3 Å².